The van der Waals surface area contributed by atoms with Gasteiger partial charge in [0.1, 0.15) is 0 Å². The van der Waals surface area contributed by atoms with Crippen molar-refractivity contribution < 1.29 is 0 Å². The molecule has 1 aromatic heterocycles. The molecule has 0 aliphatic carbocycles. The van der Waals surface area contributed by atoms with E-state index in [1.807, 2.05) is 17.9 Å². The molecule has 118 valence electrons. The van der Waals surface area contributed by atoms with Crippen molar-refractivity contribution in [1.82, 2.24) is 20.4 Å². The van der Waals surface area contributed by atoms with Crippen LogP contribution in [0.25, 0.3) is 0 Å². The fourth-order valence-corrected chi connectivity index (χ4v) is 3.70. The fourth-order valence-electron chi connectivity index (χ4n) is 2.48. The van der Waals surface area contributed by atoms with Gasteiger partial charge in [-0.2, -0.15) is 16.9 Å². The topological polar surface area (TPSA) is 54.2 Å². The largest absolute Gasteiger partial charge is 0.357 e. The van der Waals surface area contributed by atoms with Crippen LogP contribution >= 0.6 is 11.8 Å². The van der Waals surface area contributed by atoms with Gasteiger partial charge in [0.25, 0.3) is 0 Å². The van der Waals surface area contributed by atoms with Crippen molar-refractivity contribution in [2.45, 2.75) is 37.9 Å². The second-order valence-electron chi connectivity index (χ2n) is 5.80. The molecule has 1 aromatic rings. The molecule has 1 aliphatic heterocycles. The number of thioether (sulfide) groups is 1. The Kier molecular flexibility index (Phi) is 5.96. The molecule has 2 N–H and O–H groups in total. The summed E-state index contributed by atoms with van der Waals surface area (Å²) in [5.41, 5.74) is 1.25. The number of aliphatic imine (C=N–C) groups is 1. The Morgan fingerprint density at radius 2 is 2.38 bits per heavy atom. The minimum Gasteiger partial charge on any atom is -0.357 e. The summed E-state index contributed by atoms with van der Waals surface area (Å²) < 4.78 is 2.17. The van der Waals surface area contributed by atoms with Crippen molar-refractivity contribution in [3.05, 3.63) is 18.0 Å². The van der Waals surface area contributed by atoms with Crippen molar-refractivity contribution in [3.8, 4) is 0 Å². The minimum atomic E-state index is 0.325. The van der Waals surface area contributed by atoms with E-state index in [1.165, 1.54) is 24.2 Å². The van der Waals surface area contributed by atoms with E-state index in [0.717, 1.165) is 32.0 Å². The highest BCUT2D eigenvalue weighted by Crippen LogP contribution is 2.37. The first-order valence-electron chi connectivity index (χ1n) is 7.75. The summed E-state index contributed by atoms with van der Waals surface area (Å²) in [6, 6.07) is 0. The summed E-state index contributed by atoms with van der Waals surface area (Å²) in [7, 11) is 1.95. The number of nitrogens with one attached hydrogen (secondary N) is 2. The average molecular weight is 309 g/mol. The van der Waals surface area contributed by atoms with E-state index < -0.39 is 0 Å². The first kappa shape index (κ1) is 16.2. The Hall–Kier alpha value is -1.17. The molecule has 0 spiro atoms. The van der Waals surface area contributed by atoms with E-state index >= 15 is 0 Å². The monoisotopic (exact) mass is 309 g/mol. The van der Waals surface area contributed by atoms with Gasteiger partial charge in [0.05, 0.1) is 12.7 Å². The number of rotatable bonds is 6. The normalized spacial score (nSPS) is 22.5. The SMILES string of the molecule is CCNC(=NCC1(C)CCCS1)NCCc1cnn(C)c1. The molecule has 1 fully saturated rings. The van der Waals surface area contributed by atoms with E-state index in [-0.39, 0.29) is 0 Å². The van der Waals surface area contributed by atoms with Crippen molar-refractivity contribution in [2.75, 3.05) is 25.4 Å². The van der Waals surface area contributed by atoms with Crippen LogP contribution in [0.5, 0.6) is 0 Å². The molecule has 0 saturated carbocycles. The fraction of sp³-hybridized carbons (Fsp3) is 0.733. The van der Waals surface area contributed by atoms with Gasteiger partial charge in [-0.15, -0.1) is 0 Å². The van der Waals surface area contributed by atoms with Gasteiger partial charge in [0.2, 0.25) is 0 Å². The van der Waals surface area contributed by atoms with Crippen LogP contribution < -0.4 is 10.6 Å². The molecular formula is C15H27N5S. The maximum Gasteiger partial charge on any atom is 0.191 e. The molecule has 0 bridgehead atoms. The van der Waals surface area contributed by atoms with Crippen LogP contribution in [0, 0.1) is 0 Å². The van der Waals surface area contributed by atoms with Crippen molar-refractivity contribution in [2.24, 2.45) is 12.0 Å². The van der Waals surface area contributed by atoms with Crippen LogP contribution in [0.2, 0.25) is 0 Å². The lowest BCUT2D eigenvalue weighted by atomic mass is 10.1. The molecule has 0 amide bonds. The Bertz CT molecular complexity index is 462. The van der Waals surface area contributed by atoms with Gasteiger partial charge in [0.15, 0.2) is 5.96 Å². The molecule has 2 heterocycles. The maximum atomic E-state index is 4.76. The minimum absolute atomic E-state index is 0.325. The number of aromatic nitrogens is 2. The molecule has 0 aromatic carbocycles. The van der Waals surface area contributed by atoms with E-state index in [0.29, 0.717) is 4.75 Å². The van der Waals surface area contributed by atoms with Crippen molar-refractivity contribution in [3.63, 3.8) is 0 Å². The molecular weight excluding hydrogens is 282 g/mol. The van der Waals surface area contributed by atoms with E-state index in [4.69, 9.17) is 4.99 Å². The third-order valence-electron chi connectivity index (χ3n) is 3.68. The number of hydrogen-bond acceptors (Lipinski definition) is 3. The zero-order valence-electron chi connectivity index (χ0n) is 13.4. The predicted molar refractivity (Wildman–Crippen MR) is 91.0 cm³/mol. The van der Waals surface area contributed by atoms with Crippen LogP contribution in [0.3, 0.4) is 0 Å². The Morgan fingerprint density at radius 3 is 3.00 bits per heavy atom. The number of nitrogens with zero attached hydrogens (tertiary/aromatic N) is 3. The highest BCUT2D eigenvalue weighted by Gasteiger charge is 2.29. The second-order valence-corrected chi connectivity index (χ2v) is 7.48. The van der Waals surface area contributed by atoms with Crippen LogP contribution in [-0.2, 0) is 13.5 Å². The number of aryl methyl sites for hydroxylation is 1. The molecule has 1 unspecified atom stereocenters. The summed E-state index contributed by atoms with van der Waals surface area (Å²) in [6.07, 6.45) is 7.53. The highest BCUT2D eigenvalue weighted by molar-refractivity contribution is 8.00. The van der Waals surface area contributed by atoms with Gasteiger partial charge in [-0.3, -0.25) is 9.67 Å². The standard InChI is InChI=1S/C15H27N5S/c1-4-16-14(18-12-15(2)7-5-9-21-15)17-8-6-13-10-19-20(3)11-13/h10-11H,4-9,12H2,1-3H3,(H2,16,17,18). The van der Waals surface area contributed by atoms with Crippen LogP contribution in [0.1, 0.15) is 32.3 Å². The Balaban J connectivity index is 1.80. The van der Waals surface area contributed by atoms with Crippen molar-refractivity contribution in [1.29, 1.82) is 0 Å². The second kappa shape index (κ2) is 7.73. The van der Waals surface area contributed by atoms with Gasteiger partial charge in [0, 0.05) is 31.1 Å². The molecule has 1 aliphatic rings. The molecule has 0 radical (unpaired) electrons. The van der Waals surface area contributed by atoms with Crippen LogP contribution in [0.15, 0.2) is 17.4 Å². The van der Waals surface area contributed by atoms with Crippen LogP contribution in [0.4, 0.5) is 0 Å². The predicted octanol–water partition coefficient (Wildman–Crippen LogP) is 1.80. The first-order valence-corrected chi connectivity index (χ1v) is 8.73. The first-order chi connectivity index (χ1) is 10.1. The molecule has 1 saturated heterocycles. The third-order valence-corrected chi connectivity index (χ3v) is 5.20. The van der Waals surface area contributed by atoms with Gasteiger partial charge in [-0.25, -0.2) is 0 Å². The zero-order chi connectivity index (χ0) is 15.1. The molecule has 5 nitrogen and oxygen atoms in total. The highest BCUT2D eigenvalue weighted by atomic mass is 32.2. The summed E-state index contributed by atoms with van der Waals surface area (Å²) >= 11 is 2.05. The summed E-state index contributed by atoms with van der Waals surface area (Å²) in [6.45, 7) is 7.08. The van der Waals surface area contributed by atoms with Gasteiger partial charge in [-0.1, -0.05) is 0 Å². The van der Waals surface area contributed by atoms with E-state index in [9.17, 15) is 0 Å². The molecule has 2 rings (SSSR count). The number of hydrogen-bond donors (Lipinski definition) is 2. The smallest absolute Gasteiger partial charge is 0.191 e. The van der Waals surface area contributed by atoms with Crippen molar-refractivity contribution >= 4 is 17.7 Å². The molecule has 21 heavy (non-hydrogen) atoms. The van der Waals surface area contributed by atoms with Gasteiger partial charge < -0.3 is 10.6 Å². The lowest BCUT2D eigenvalue weighted by Crippen LogP contribution is -2.39. The van der Waals surface area contributed by atoms with Crippen LogP contribution in [-0.4, -0.2) is 45.9 Å². The number of guanidine groups is 1. The zero-order valence-corrected chi connectivity index (χ0v) is 14.2. The lowest BCUT2D eigenvalue weighted by molar-refractivity contribution is 0.614. The molecule has 1 atom stereocenters. The summed E-state index contributed by atoms with van der Waals surface area (Å²) in [5, 5.41) is 10.9. The van der Waals surface area contributed by atoms with E-state index in [1.54, 1.807) is 0 Å². The van der Waals surface area contributed by atoms with Gasteiger partial charge >= 0.3 is 0 Å². The summed E-state index contributed by atoms with van der Waals surface area (Å²) in [4.78, 5) is 4.76. The maximum absolute atomic E-state index is 4.76. The van der Waals surface area contributed by atoms with Gasteiger partial charge in [-0.05, 0) is 44.4 Å². The Morgan fingerprint density at radius 1 is 1.52 bits per heavy atom. The van der Waals surface area contributed by atoms with E-state index in [2.05, 4.69) is 47.5 Å². The summed E-state index contributed by atoms with van der Waals surface area (Å²) in [5.74, 6) is 2.20. The third kappa shape index (κ3) is 5.26. The molecule has 6 heteroatoms. The average Bonchev–Trinajstić information content (AvgIpc) is 3.06. The quantitative estimate of drug-likeness (QED) is 0.621. The lowest BCUT2D eigenvalue weighted by Gasteiger charge is -2.21. The Labute approximate surface area is 132 Å².